The highest BCUT2D eigenvalue weighted by molar-refractivity contribution is 6.20. The molecule has 1 aromatic heterocycles. The summed E-state index contributed by atoms with van der Waals surface area (Å²) < 4.78 is 1.97. The molecule has 0 radical (unpaired) electrons. The molecule has 1 rings (SSSR count). The minimum atomic E-state index is 0.220. The molecule has 1 heterocycles. The molecule has 1 unspecified atom stereocenters. The molecule has 0 aliphatic heterocycles. The third-order valence-corrected chi connectivity index (χ3v) is 2.77. The Balaban J connectivity index is 2.31. The zero-order valence-electron chi connectivity index (χ0n) is 9.70. The van der Waals surface area contributed by atoms with E-state index in [-0.39, 0.29) is 5.38 Å². The molecule has 1 aromatic rings. The third-order valence-electron chi connectivity index (χ3n) is 2.31. The molecule has 86 valence electrons. The molecule has 0 fully saturated rings. The summed E-state index contributed by atoms with van der Waals surface area (Å²) in [5, 5.41) is 7.96. The van der Waals surface area contributed by atoms with Crippen LogP contribution < -0.4 is 5.32 Å². The van der Waals surface area contributed by atoms with Crippen molar-refractivity contribution in [2.75, 3.05) is 6.54 Å². The maximum Gasteiger partial charge on any atom is 0.0762 e. The minimum Gasteiger partial charge on any atom is -0.310 e. The van der Waals surface area contributed by atoms with Crippen molar-refractivity contribution in [1.29, 1.82) is 0 Å². The van der Waals surface area contributed by atoms with Crippen LogP contribution in [-0.2, 0) is 6.54 Å². The highest BCUT2D eigenvalue weighted by atomic mass is 35.5. The van der Waals surface area contributed by atoms with Crippen molar-refractivity contribution >= 4 is 11.6 Å². The Kier molecular flexibility index (Phi) is 5.12. The van der Waals surface area contributed by atoms with Crippen molar-refractivity contribution < 1.29 is 0 Å². The van der Waals surface area contributed by atoms with Crippen LogP contribution in [0.3, 0.4) is 0 Å². The van der Waals surface area contributed by atoms with E-state index < -0.39 is 0 Å². The lowest BCUT2D eigenvalue weighted by Gasteiger charge is -2.07. The summed E-state index contributed by atoms with van der Waals surface area (Å²) in [5.41, 5.74) is 1.07. The lowest BCUT2D eigenvalue weighted by atomic mass is 10.3. The summed E-state index contributed by atoms with van der Waals surface area (Å²) in [7, 11) is 0. The maximum absolute atomic E-state index is 6.00. The Bertz CT molecular complexity index is 283. The zero-order chi connectivity index (χ0) is 11.3. The molecule has 0 saturated heterocycles. The fourth-order valence-corrected chi connectivity index (χ4v) is 1.37. The average molecular weight is 230 g/mol. The minimum absolute atomic E-state index is 0.220. The molecule has 0 bridgehead atoms. The predicted octanol–water partition coefficient (Wildman–Crippen LogP) is 2.57. The molecule has 0 saturated carbocycles. The monoisotopic (exact) mass is 229 g/mol. The number of rotatable bonds is 6. The van der Waals surface area contributed by atoms with Gasteiger partial charge in [-0.2, -0.15) is 5.10 Å². The number of nitrogens with one attached hydrogen (secondary N) is 1. The van der Waals surface area contributed by atoms with E-state index in [0.717, 1.165) is 25.2 Å². The first-order chi connectivity index (χ1) is 7.13. The summed E-state index contributed by atoms with van der Waals surface area (Å²) in [6.07, 6.45) is 3.01. The molecule has 0 aliphatic carbocycles. The van der Waals surface area contributed by atoms with Crippen LogP contribution in [0, 0.1) is 0 Å². The van der Waals surface area contributed by atoms with Crippen molar-refractivity contribution in [3.63, 3.8) is 0 Å². The smallest absolute Gasteiger partial charge is 0.0762 e. The van der Waals surface area contributed by atoms with Gasteiger partial charge in [0.1, 0.15) is 0 Å². The van der Waals surface area contributed by atoms with Gasteiger partial charge in [0.2, 0.25) is 0 Å². The summed E-state index contributed by atoms with van der Waals surface area (Å²) >= 11 is 6.00. The second-order valence-corrected chi connectivity index (χ2v) is 4.63. The molecule has 0 amide bonds. The highest BCUT2D eigenvalue weighted by Gasteiger charge is 2.03. The van der Waals surface area contributed by atoms with Gasteiger partial charge in [-0.05, 0) is 26.3 Å². The number of aromatic nitrogens is 2. The molecular formula is C11H20ClN3. The van der Waals surface area contributed by atoms with Gasteiger partial charge in [-0.15, -0.1) is 11.6 Å². The van der Waals surface area contributed by atoms with E-state index >= 15 is 0 Å². The number of hydrogen-bond acceptors (Lipinski definition) is 2. The first kappa shape index (κ1) is 12.5. The number of nitrogens with zero attached hydrogens (tertiary/aromatic N) is 2. The number of alkyl halides is 1. The Morgan fingerprint density at radius 2 is 2.27 bits per heavy atom. The summed E-state index contributed by atoms with van der Waals surface area (Å²) in [4.78, 5) is 0. The standard InChI is InChI=1S/C11H20ClN3/c1-4-10(12)7-13-8-11-5-6-15(14-11)9(2)3/h5-6,9-10,13H,4,7-8H2,1-3H3. The summed E-state index contributed by atoms with van der Waals surface area (Å²) in [6.45, 7) is 7.97. The third kappa shape index (κ3) is 4.22. The van der Waals surface area contributed by atoms with Gasteiger partial charge in [-0.25, -0.2) is 0 Å². The first-order valence-electron chi connectivity index (χ1n) is 5.52. The van der Waals surface area contributed by atoms with Crippen LogP contribution in [0.1, 0.15) is 38.9 Å². The lowest BCUT2D eigenvalue weighted by Crippen LogP contribution is -2.22. The lowest BCUT2D eigenvalue weighted by molar-refractivity contribution is 0.521. The topological polar surface area (TPSA) is 29.9 Å². The Hall–Kier alpha value is -0.540. The molecule has 0 aliphatic rings. The Morgan fingerprint density at radius 3 is 2.80 bits per heavy atom. The van der Waals surface area contributed by atoms with Gasteiger partial charge in [0, 0.05) is 30.7 Å². The zero-order valence-corrected chi connectivity index (χ0v) is 10.5. The second-order valence-electron chi connectivity index (χ2n) is 4.02. The second kappa shape index (κ2) is 6.13. The van der Waals surface area contributed by atoms with Gasteiger partial charge in [0.15, 0.2) is 0 Å². The van der Waals surface area contributed by atoms with Crippen LogP contribution in [0.5, 0.6) is 0 Å². The van der Waals surface area contributed by atoms with Crippen molar-refractivity contribution in [2.45, 2.75) is 45.2 Å². The van der Waals surface area contributed by atoms with Crippen molar-refractivity contribution in [3.05, 3.63) is 18.0 Å². The molecule has 3 nitrogen and oxygen atoms in total. The molecule has 0 spiro atoms. The van der Waals surface area contributed by atoms with E-state index in [4.69, 9.17) is 11.6 Å². The number of hydrogen-bond donors (Lipinski definition) is 1. The normalized spacial score (nSPS) is 13.4. The average Bonchev–Trinajstić information content (AvgIpc) is 2.66. The van der Waals surface area contributed by atoms with Crippen LogP contribution >= 0.6 is 11.6 Å². The van der Waals surface area contributed by atoms with E-state index in [2.05, 4.69) is 31.2 Å². The summed E-state index contributed by atoms with van der Waals surface area (Å²) in [6, 6.07) is 2.47. The largest absolute Gasteiger partial charge is 0.310 e. The van der Waals surface area contributed by atoms with Crippen LogP contribution in [0.15, 0.2) is 12.3 Å². The first-order valence-corrected chi connectivity index (χ1v) is 5.96. The van der Waals surface area contributed by atoms with Crippen molar-refractivity contribution in [3.8, 4) is 0 Å². The van der Waals surface area contributed by atoms with Gasteiger partial charge in [0.05, 0.1) is 5.69 Å². The van der Waals surface area contributed by atoms with E-state index in [1.807, 2.05) is 16.9 Å². The maximum atomic E-state index is 6.00. The van der Waals surface area contributed by atoms with Crippen LogP contribution in [0.25, 0.3) is 0 Å². The van der Waals surface area contributed by atoms with E-state index in [1.54, 1.807) is 0 Å². The quantitative estimate of drug-likeness (QED) is 0.760. The highest BCUT2D eigenvalue weighted by Crippen LogP contribution is 2.04. The molecular weight excluding hydrogens is 210 g/mol. The van der Waals surface area contributed by atoms with Gasteiger partial charge in [-0.3, -0.25) is 4.68 Å². The van der Waals surface area contributed by atoms with Crippen molar-refractivity contribution in [1.82, 2.24) is 15.1 Å². The van der Waals surface area contributed by atoms with Gasteiger partial charge >= 0.3 is 0 Å². The van der Waals surface area contributed by atoms with Gasteiger partial charge in [0.25, 0.3) is 0 Å². The molecule has 1 N–H and O–H groups in total. The summed E-state index contributed by atoms with van der Waals surface area (Å²) in [5.74, 6) is 0. The van der Waals surface area contributed by atoms with Crippen LogP contribution in [0.4, 0.5) is 0 Å². The van der Waals surface area contributed by atoms with E-state index in [1.165, 1.54) is 0 Å². The predicted molar refractivity (Wildman–Crippen MR) is 64.3 cm³/mol. The van der Waals surface area contributed by atoms with Crippen LogP contribution in [-0.4, -0.2) is 21.7 Å². The van der Waals surface area contributed by atoms with Gasteiger partial charge < -0.3 is 5.32 Å². The molecule has 4 heteroatoms. The van der Waals surface area contributed by atoms with E-state index in [0.29, 0.717) is 6.04 Å². The molecule has 0 aromatic carbocycles. The Morgan fingerprint density at radius 1 is 1.53 bits per heavy atom. The molecule has 15 heavy (non-hydrogen) atoms. The fourth-order valence-electron chi connectivity index (χ4n) is 1.26. The van der Waals surface area contributed by atoms with Crippen LogP contribution in [0.2, 0.25) is 0 Å². The van der Waals surface area contributed by atoms with Crippen molar-refractivity contribution in [2.24, 2.45) is 0 Å². The van der Waals surface area contributed by atoms with E-state index in [9.17, 15) is 0 Å². The fraction of sp³-hybridized carbons (Fsp3) is 0.727. The van der Waals surface area contributed by atoms with Gasteiger partial charge in [-0.1, -0.05) is 6.92 Å². The SMILES string of the molecule is CCC(Cl)CNCc1ccn(C(C)C)n1. The molecule has 1 atom stereocenters. The Labute approximate surface area is 96.8 Å². The number of halogens is 1.